The third-order valence-corrected chi connectivity index (χ3v) is 7.11. The fraction of sp³-hybridized carbons (Fsp3) is 0.125. The number of furan rings is 1. The summed E-state index contributed by atoms with van der Waals surface area (Å²) < 4.78 is 6.15. The molecule has 1 heterocycles. The van der Waals surface area contributed by atoms with E-state index >= 15 is 0 Å². The summed E-state index contributed by atoms with van der Waals surface area (Å²) >= 11 is 0. The van der Waals surface area contributed by atoms with Crippen LogP contribution in [0.15, 0.2) is 95.4 Å². The minimum Gasteiger partial charge on any atom is -0.456 e. The van der Waals surface area contributed by atoms with Gasteiger partial charge in [0.05, 0.1) is 0 Å². The Bertz CT molecular complexity index is 1780. The molecule has 0 fully saturated rings. The molecule has 7 aromatic rings. The Hall–Kier alpha value is -3.84. The monoisotopic (exact) mass is 424 g/mol. The van der Waals surface area contributed by atoms with E-state index in [0.29, 0.717) is 0 Å². The fourth-order valence-electron chi connectivity index (χ4n) is 5.34. The Balaban J connectivity index is 1.46. The summed E-state index contributed by atoms with van der Waals surface area (Å²) in [6.07, 6.45) is 0. The lowest BCUT2D eigenvalue weighted by Gasteiger charge is -2.21. The van der Waals surface area contributed by atoms with Crippen molar-refractivity contribution in [1.29, 1.82) is 0 Å². The van der Waals surface area contributed by atoms with Gasteiger partial charge >= 0.3 is 0 Å². The molecule has 0 unspecified atom stereocenters. The second-order valence-corrected chi connectivity index (χ2v) is 10.3. The molecule has 0 aliphatic rings. The highest BCUT2D eigenvalue weighted by molar-refractivity contribution is 6.24. The lowest BCUT2D eigenvalue weighted by molar-refractivity contribution is 0.591. The average molecular weight is 425 g/mol. The molecule has 0 bridgehead atoms. The van der Waals surface area contributed by atoms with Crippen LogP contribution >= 0.6 is 0 Å². The van der Waals surface area contributed by atoms with Gasteiger partial charge < -0.3 is 4.42 Å². The van der Waals surface area contributed by atoms with Crippen LogP contribution < -0.4 is 0 Å². The van der Waals surface area contributed by atoms with Crippen molar-refractivity contribution >= 4 is 54.3 Å². The van der Waals surface area contributed by atoms with Crippen LogP contribution in [0, 0.1) is 0 Å². The number of fused-ring (bicyclic) bond motifs is 3. The number of hydrogen-bond donors (Lipinski definition) is 0. The van der Waals surface area contributed by atoms with Gasteiger partial charge in [0.15, 0.2) is 0 Å². The largest absolute Gasteiger partial charge is 0.456 e. The highest BCUT2D eigenvalue weighted by Crippen LogP contribution is 2.40. The highest BCUT2D eigenvalue weighted by atomic mass is 16.3. The van der Waals surface area contributed by atoms with Crippen molar-refractivity contribution in [3.8, 4) is 11.1 Å². The van der Waals surface area contributed by atoms with Crippen LogP contribution in [0.1, 0.15) is 26.3 Å². The minimum atomic E-state index is 0.132. The Labute approximate surface area is 192 Å². The van der Waals surface area contributed by atoms with Gasteiger partial charge in [0.25, 0.3) is 0 Å². The molecule has 0 saturated heterocycles. The van der Waals surface area contributed by atoms with Crippen LogP contribution in [0.25, 0.3) is 65.4 Å². The first kappa shape index (κ1) is 18.7. The van der Waals surface area contributed by atoms with Gasteiger partial charge in [0, 0.05) is 10.8 Å². The van der Waals surface area contributed by atoms with Crippen molar-refractivity contribution in [2.75, 3.05) is 0 Å². The van der Waals surface area contributed by atoms with Crippen LogP contribution in [-0.4, -0.2) is 0 Å². The second kappa shape index (κ2) is 6.36. The van der Waals surface area contributed by atoms with E-state index in [1.807, 2.05) is 12.1 Å². The summed E-state index contributed by atoms with van der Waals surface area (Å²) in [5.74, 6) is 0. The van der Waals surface area contributed by atoms with Gasteiger partial charge in [-0.2, -0.15) is 0 Å². The molecule has 0 amide bonds. The van der Waals surface area contributed by atoms with Crippen molar-refractivity contribution in [2.24, 2.45) is 0 Å². The number of rotatable bonds is 1. The molecule has 6 aromatic carbocycles. The molecule has 0 spiro atoms. The summed E-state index contributed by atoms with van der Waals surface area (Å²) in [6, 6.07) is 33.3. The van der Waals surface area contributed by atoms with Gasteiger partial charge in [-0.3, -0.25) is 0 Å². The lowest BCUT2D eigenvalue weighted by Crippen LogP contribution is -2.10. The maximum atomic E-state index is 6.15. The third-order valence-electron chi connectivity index (χ3n) is 7.11. The zero-order valence-corrected chi connectivity index (χ0v) is 19.1. The maximum Gasteiger partial charge on any atom is 0.136 e. The van der Waals surface area contributed by atoms with Crippen molar-refractivity contribution in [1.82, 2.24) is 0 Å². The predicted octanol–water partition coefficient (Wildman–Crippen LogP) is 9.45. The molecular weight excluding hydrogens is 400 g/mol. The molecular formula is C32H24O. The lowest BCUT2D eigenvalue weighted by atomic mass is 9.83. The molecule has 0 aliphatic carbocycles. The first-order chi connectivity index (χ1) is 16.0. The van der Waals surface area contributed by atoms with Gasteiger partial charge in [-0.1, -0.05) is 81.4 Å². The SMILES string of the molecule is CC(C)(C)c1cc2ccc3cc(-c4ccc5c(c4)oc4ccccc45)cc4ccc(c1)c2c34. The van der Waals surface area contributed by atoms with Gasteiger partial charge in [0.2, 0.25) is 0 Å². The molecule has 7 rings (SSSR count). The Morgan fingerprint density at radius 2 is 1.09 bits per heavy atom. The Morgan fingerprint density at radius 1 is 0.515 bits per heavy atom. The molecule has 0 saturated carbocycles. The molecule has 33 heavy (non-hydrogen) atoms. The second-order valence-electron chi connectivity index (χ2n) is 10.3. The summed E-state index contributed by atoms with van der Waals surface area (Å²) in [6.45, 7) is 6.85. The molecule has 0 atom stereocenters. The van der Waals surface area contributed by atoms with E-state index in [4.69, 9.17) is 4.42 Å². The quantitative estimate of drug-likeness (QED) is 0.239. The number of benzene rings is 6. The topological polar surface area (TPSA) is 13.1 Å². The van der Waals surface area contributed by atoms with Crippen LogP contribution in [0.2, 0.25) is 0 Å². The standard InChI is InChI=1S/C32H24O/c1-32(2,3)25-16-22-10-8-20-14-24(15-21-9-11-23(17-25)31(22)30(20)21)19-12-13-27-26-6-4-5-7-28(26)33-29(27)18-19/h4-18H,1-3H3. The molecule has 0 aliphatic heterocycles. The van der Waals surface area contributed by atoms with Crippen LogP contribution in [0.4, 0.5) is 0 Å². The summed E-state index contributed by atoms with van der Waals surface area (Å²) in [7, 11) is 0. The zero-order valence-electron chi connectivity index (χ0n) is 19.1. The smallest absolute Gasteiger partial charge is 0.136 e. The van der Waals surface area contributed by atoms with E-state index in [9.17, 15) is 0 Å². The molecule has 158 valence electrons. The highest BCUT2D eigenvalue weighted by Gasteiger charge is 2.17. The Morgan fingerprint density at radius 3 is 1.73 bits per heavy atom. The third kappa shape index (κ3) is 2.72. The summed E-state index contributed by atoms with van der Waals surface area (Å²) in [5.41, 5.74) is 5.80. The average Bonchev–Trinajstić information content (AvgIpc) is 3.19. The van der Waals surface area contributed by atoms with Gasteiger partial charge in [-0.25, -0.2) is 0 Å². The van der Waals surface area contributed by atoms with E-state index in [2.05, 4.69) is 99.6 Å². The van der Waals surface area contributed by atoms with Crippen LogP contribution in [-0.2, 0) is 5.41 Å². The van der Waals surface area contributed by atoms with E-state index in [1.165, 1.54) is 59.8 Å². The van der Waals surface area contributed by atoms with E-state index in [-0.39, 0.29) is 5.41 Å². The molecule has 0 radical (unpaired) electrons. The van der Waals surface area contributed by atoms with Gasteiger partial charge in [-0.15, -0.1) is 0 Å². The van der Waals surface area contributed by atoms with Crippen LogP contribution in [0.3, 0.4) is 0 Å². The van der Waals surface area contributed by atoms with Crippen molar-refractivity contribution in [3.63, 3.8) is 0 Å². The molecule has 1 heteroatoms. The number of hydrogen-bond acceptors (Lipinski definition) is 1. The van der Waals surface area contributed by atoms with Crippen LogP contribution in [0.5, 0.6) is 0 Å². The first-order valence-corrected chi connectivity index (χ1v) is 11.6. The van der Waals surface area contributed by atoms with Crippen molar-refractivity contribution in [2.45, 2.75) is 26.2 Å². The van der Waals surface area contributed by atoms with E-state index in [0.717, 1.165) is 11.2 Å². The molecule has 0 N–H and O–H groups in total. The van der Waals surface area contributed by atoms with E-state index in [1.54, 1.807) is 0 Å². The Kier molecular flexibility index (Phi) is 3.60. The molecule has 1 nitrogen and oxygen atoms in total. The zero-order chi connectivity index (χ0) is 22.3. The predicted molar refractivity (Wildman–Crippen MR) is 142 cm³/mol. The van der Waals surface area contributed by atoms with Gasteiger partial charge in [0.1, 0.15) is 11.2 Å². The number of para-hydroxylation sites is 1. The first-order valence-electron chi connectivity index (χ1n) is 11.6. The minimum absolute atomic E-state index is 0.132. The van der Waals surface area contributed by atoms with Crippen molar-refractivity contribution < 1.29 is 4.42 Å². The van der Waals surface area contributed by atoms with Gasteiger partial charge in [-0.05, 0) is 84.8 Å². The fourth-order valence-corrected chi connectivity index (χ4v) is 5.34. The van der Waals surface area contributed by atoms with Crippen molar-refractivity contribution in [3.05, 3.63) is 96.6 Å². The summed E-state index contributed by atoms with van der Waals surface area (Å²) in [4.78, 5) is 0. The van der Waals surface area contributed by atoms with E-state index < -0.39 is 0 Å². The molecule has 1 aromatic heterocycles. The normalized spacial score (nSPS) is 12.7. The maximum absolute atomic E-state index is 6.15. The summed E-state index contributed by atoms with van der Waals surface area (Å²) in [5, 5.41) is 10.3.